The van der Waals surface area contributed by atoms with Gasteiger partial charge in [-0.25, -0.2) is 0 Å². The monoisotopic (exact) mass is 318 g/mol. The van der Waals surface area contributed by atoms with Gasteiger partial charge < -0.3 is 15.3 Å². The van der Waals surface area contributed by atoms with Crippen LogP contribution in [0.4, 0.5) is 0 Å². The number of nitrogens with one attached hydrogen (secondary N) is 1. The highest BCUT2D eigenvalue weighted by Crippen LogP contribution is 2.22. The molecular formula is C18H26N2O3. The Morgan fingerprint density at radius 2 is 1.83 bits per heavy atom. The van der Waals surface area contributed by atoms with Gasteiger partial charge in [-0.2, -0.15) is 0 Å². The number of aromatic hydroxyl groups is 1. The number of hydrogen-bond acceptors (Lipinski definition) is 3. The molecular weight excluding hydrogens is 292 g/mol. The molecule has 5 heteroatoms. The third kappa shape index (κ3) is 4.24. The first-order valence-electron chi connectivity index (χ1n) is 8.08. The van der Waals surface area contributed by atoms with Crippen molar-refractivity contribution < 1.29 is 14.7 Å². The Hall–Kier alpha value is -2.04. The van der Waals surface area contributed by atoms with Gasteiger partial charge in [0.1, 0.15) is 5.75 Å². The van der Waals surface area contributed by atoms with Gasteiger partial charge in [0, 0.05) is 24.5 Å². The zero-order chi connectivity index (χ0) is 17.2. The molecule has 2 N–H and O–H groups in total. The first-order valence-corrected chi connectivity index (χ1v) is 8.08. The molecule has 126 valence electrons. The van der Waals surface area contributed by atoms with E-state index in [0.717, 1.165) is 18.4 Å². The lowest BCUT2D eigenvalue weighted by Crippen LogP contribution is -2.49. The lowest BCUT2D eigenvalue weighted by Gasteiger charge is -2.36. The largest absolute Gasteiger partial charge is 0.507 e. The maximum absolute atomic E-state index is 12.3. The van der Waals surface area contributed by atoms with Gasteiger partial charge >= 0.3 is 0 Å². The SMILES string of the molecule is Cc1ccc(O)c(C(=O)NC2CCN(C(=O)C(C)(C)C)CC2)c1. The topological polar surface area (TPSA) is 69.6 Å². The van der Waals surface area contributed by atoms with E-state index in [2.05, 4.69) is 5.32 Å². The number of hydrogen-bond donors (Lipinski definition) is 2. The molecule has 0 bridgehead atoms. The summed E-state index contributed by atoms with van der Waals surface area (Å²) in [5, 5.41) is 12.8. The van der Waals surface area contributed by atoms with Gasteiger partial charge in [-0.3, -0.25) is 9.59 Å². The van der Waals surface area contributed by atoms with Gasteiger partial charge in [0.15, 0.2) is 0 Å². The Kier molecular flexibility index (Phi) is 4.97. The van der Waals surface area contributed by atoms with Crippen molar-refractivity contribution in [1.29, 1.82) is 0 Å². The van der Waals surface area contributed by atoms with Crippen LogP contribution < -0.4 is 5.32 Å². The average molecular weight is 318 g/mol. The van der Waals surface area contributed by atoms with Gasteiger partial charge in [-0.05, 0) is 31.9 Å². The van der Waals surface area contributed by atoms with Crippen molar-refractivity contribution >= 4 is 11.8 Å². The molecule has 1 heterocycles. The number of amides is 2. The van der Waals surface area contributed by atoms with E-state index in [1.807, 2.05) is 32.6 Å². The van der Waals surface area contributed by atoms with E-state index in [9.17, 15) is 14.7 Å². The smallest absolute Gasteiger partial charge is 0.255 e. The van der Waals surface area contributed by atoms with Crippen LogP contribution in [-0.2, 0) is 4.79 Å². The van der Waals surface area contributed by atoms with Crippen LogP contribution in [0.15, 0.2) is 18.2 Å². The predicted octanol–water partition coefficient (Wildman–Crippen LogP) is 2.47. The molecule has 2 rings (SSSR count). The Morgan fingerprint density at radius 3 is 2.39 bits per heavy atom. The third-order valence-electron chi connectivity index (χ3n) is 4.16. The van der Waals surface area contributed by atoms with Crippen LogP contribution in [0.1, 0.15) is 49.5 Å². The van der Waals surface area contributed by atoms with Crippen LogP contribution in [0, 0.1) is 12.3 Å². The maximum atomic E-state index is 12.3. The number of likely N-dealkylation sites (tertiary alicyclic amines) is 1. The van der Waals surface area contributed by atoms with E-state index in [1.165, 1.54) is 6.07 Å². The van der Waals surface area contributed by atoms with Gasteiger partial charge in [-0.1, -0.05) is 32.4 Å². The highest BCUT2D eigenvalue weighted by atomic mass is 16.3. The molecule has 0 unspecified atom stereocenters. The van der Waals surface area contributed by atoms with Gasteiger partial charge in [0.2, 0.25) is 5.91 Å². The summed E-state index contributed by atoms with van der Waals surface area (Å²) in [6.45, 7) is 8.95. The second-order valence-corrected chi connectivity index (χ2v) is 7.31. The number of rotatable bonds is 2. The number of phenolic OH excluding ortho intramolecular Hbond substituents is 1. The molecule has 1 fully saturated rings. The normalized spacial score (nSPS) is 16.3. The van der Waals surface area contributed by atoms with E-state index in [-0.39, 0.29) is 29.0 Å². The standard InChI is InChI=1S/C18H26N2O3/c1-12-5-6-15(21)14(11-12)16(22)19-13-7-9-20(10-8-13)17(23)18(2,3)4/h5-6,11,13,21H,7-10H2,1-4H3,(H,19,22). The molecule has 1 aromatic rings. The number of aryl methyl sites for hydroxylation is 1. The highest BCUT2D eigenvalue weighted by molar-refractivity contribution is 5.97. The lowest BCUT2D eigenvalue weighted by molar-refractivity contribution is -0.140. The van der Waals surface area contributed by atoms with Crippen LogP contribution >= 0.6 is 0 Å². The summed E-state index contributed by atoms with van der Waals surface area (Å²) in [6, 6.07) is 5.02. The molecule has 2 amide bonds. The molecule has 0 aliphatic carbocycles. The molecule has 0 spiro atoms. The number of piperidine rings is 1. The molecule has 0 aromatic heterocycles. The molecule has 1 aliphatic heterocycles. The second-order valence-electron chi connectivity index (χ2n) is 7.31. The molecule has 0 atom stereocenters. The number of carbonyl (C=O) groups excluding carboxylic acids is 2. The van der Waals surface area contributed by atoms with Gasteiger partial charge in [-0.15, -0.1) is 0 Å². The first kappa shape index (κ1) is 17.3. The predicted molar refractivity (Wildman–Crippen MR) is 89.4 cm³/mol. The van der Waals surface area contributed by atoms with E-state index in [4.69, 9.17) is 0 Å². The lowest BCUT2D eigenvalue weighted by atomic mass is 9.93. The zero-order valence-corrected chi connectivity index (χ0v) is 14.3. The van der Waals surface area contributed by atoms with Gasteiger partial charge in [0.25, 0.3) is 5.91 Å². The highest BCUT2D eigenvalue weighted by Gasteiger charge is 2.30. The van der Waals surface area contributed by atoms with Crippen molar-refractivity contribution in [2.45, 2.75) is 46.6 Å². The van der Waals surface area contributed by atoms with Gasteiger partial charge in [0.05, 0.1) is 5.56 Å². The summed E-state index contributed by atoms with van der Waals surface area (Å²) in [4.78, 5) is 26.4. The van der Waals surface area contributed by atoms with Crippen molar-refractivity contribution in [1.82, 2.24) is 10.2 Å². The summed E-state index contributed by atoms with van der Waals surface area (Å²) in [5.41, 5.74) is 0.862. The number of benzene rings is 1. The summed E-state index contributed by atoms with van der Waals surface area (Å²) in [6.07, 6.45) is 1.47. The van der Waals surface area contributed by atoms with Crippen LogP contribution in [-0.4, -0.2) is 41.0 Å². The quantitative estimate of drug-likeness (QED) is 0.880. The van der Waals surface area contributed by atoms with Crippen LogP contribution in [0.5, 0.6) is 5.75 Å². The minimum absolute atomic E-state index is 0.00607. The Balaban J connectivity index is 1.93. The number of nitrogens with zero attached hydrogens (tertiary/aromatic N) is 1. The van der Waals surface area contributed by atoms with Crippen molar-refractivity contribution in [2.24, 2.45) is 5.41 Å². The zero-order valence-electron chi connectivity index (χ0n) is 14.3. The molecule has 1 aromatic carbocycles. The van der Waals surface area contributed by atoms with E-state index in [1.54, 1.807) is 12.1 Å². The molecule has 23 heavy (non-hydrogen) atoms. The maximum Gasteiger partial charge on any atom is 0.255 e. The Bertz CT molecular complexity index is 597. The minimum atomic E-state index is -0.372. The fourth-order valence-electron chi connectivity index (χ4n) is 2.80. The van der Waals surface area contributed by atoms with E-state index >= 15 is 0 Å². The molecule has 0 saturated carbocycles. The molecule has 0 radical (unpaired) electrons. The summed E-state index contributed by atoms with van der Waals surface area (Å²) >= 11 is 0. The fourth-order valence-corrected chi connectivity index (χ4v) is 2.80. The molecule has 1 saturated heterocycles. The Morgan fingerprint density at radius 1 is 1.22 bits per heavy atom. The Labute approximate surface area is 137 Å². The van der Waals surface area contributed by atoms with Crippen LogP contribution in [0.25, 0.3) is 0 Å². The fraction of sp³-hybridized carbons (Fsp3) is 0.556. The van der Waals surface area contributed by atoms with E-state index < -0.39 is 0 Å². The second kappa shape index (κ2) is 6.60. The van der Waals surface area contributed by atoms with Crippen molar-refractivity contribution in [3.8, 4) is 5.75 Å². The van der Waals surface area contributed by atoms with Crippen molar-refractivity contribution in [3.05, 3.63) is 29.3 Å². The van der Waals surface area contributed by atoms with Crippen molar-refractivity contribution in [3.63, 3.8) is 0 Å². The van der Waals surface area contributed by atoms with E-state index in [0.29, 0.717) is 18.7 Å². The molecule has 5 nitrogen and oxygen atoms in total. The first-order chi connectivity index (χ1) is 10.7. The summed E-state index contributed by atoms with van der Waals surface area (Å²) in [5.74, 6) is -0.112. The molecule has 1 aliphatic rings. The summed E-state index contributed by atoms with van der Waals surface area (Å²) < 4.78 is 0. The van der Waals surface area contributed by atoms with Crippen molar-refractivity contribution in [2.75, 3.05) is 13.1 Å². The minimum Gasteiger partial charge on any atom is -0.507 e. The van der Waals surface area contributed by atoms with Crippen LogP contribution in [0.2, 0.25) is 0 Å². The number of phenols is 1. The third-order valence-corrected chi connectivity index (χ3v) is 4.16. The average Bonchev–Trinajstić information content (AvgIpc) is 2.48. The number of carbonyl (C=O) groups is 2. The van der Waals surface area contributed by atoms with Crippen LogP contribution in [0.3, 0.4) is 0 Å². The summed E-state index contributed by atoms with van der Waals surface area (Å²) in [7, 11) is 0.